The van der Waals surface area contributed by atoms with E-state index in [0.717, 1.165) is 31.7 Å². The van der Waals surface area contributed by atoms with Crippen LogP contribution in [0.5, 0.6) is 5.75 Å². The summed E-state index contributed by atoms with van der Waals surface area (Å²) in [5, 5.41) is 3.45. The van der Waals surface area contributed by atoms with Gasteiger partial charge >= 0.3 is 0 Å². The van der Waals surface area contributed by atoms with Gasteiger partial charge in [0.15, 0.2) is 0 Å². The molecule has 1 atom stereocenters. The monoisotopic (exact) mass is 249 g/mol. The Kier molecular flexibility index (Phi) is 6.81. The van der Waals surface area contributed by atoms with Crippen LogP contribution < -0.4 is 10.1 Å². The van der Waals surface area contributed by atoms with Gasteiger partial charge in [-0.2, -0.15) is 0 Å². The maximum atomic E-state index is 5.90. The molecular formula is C16H27NO. The van der Waals surface area contributed by atoms with Gasteiger partial charge in [-0.05, 0) is 43.5 Å². The molecule has 0 saturated carbocycles. The van der Waals surface area contributed by atoms with Crippen molar-refractivity contribution in [3.63, 3.8) is 0 Å². The molecule has 1 N–H and O–H groups in total. The first kappa shape index (κ1) is 15.0. The van der Waals surface area contributed by atoms with E-state index in [0.29, 0.717) is 12.0 Å². The number of hydrogen-bond donors (Lipinski definition) is 1. The van der Waals surface area contributed by atoms with Crippen molar-refractivity contribution < 1.29 is 4.74 Å². The second kappa shape index (κ2) is 8.15. The van der Waals surface area contributed by atoms with Crippen LogP contribution in [0.25, 0.3) is 0 Å². The van der Waals surface area contributed by atoms with E-state index < -0.39 is 0 Å². The Bertz CT molecular complexity index is 336. The summed E-state index contributed by atoms with van der Waals surface area (Å²) in [4.78, 5) is 0. The topological polar surface area (TPSA) is 21.3 Å². The molecule has 0 radical (unpaired) electrons. The first-order valence-corrected chi connectivity index (χ1v) is 7.08. The summed E-state index contributed by atoms with van der Waals surface area (Å²) in [7, 11) is 0. The molecule has 0 fully saturated rings. The lowest BCUT2D eigenvalue weighted by Gasteiger charge is -2.15. The summed E-state index contributed by atoms with van der Waals surface area (Å²) in [6, 6.07) is 8.39. The zero-order valence-electron chi connectivity index (χ0n) is 12.2. The quantitative estimate of drug-likeness (QED) is 0.752. The van der Waals surface area contributed by atoms with Crippen molar-refractivity contribution in [3.05, 3.63) is 29.8 Å². The highest BCUT2D eigenvalue weighted by Crippen LogP contribution is 2.16. The van der Waals surface area contributed by atoms with Crippen molar-refractivity contribution in [3.8, 4) is 5.75 Å². The van der Waals surface area contributed by atoms with Gasteiger partial charge in [0, 0.05) is 6.54 Å². The van der Waals surface area contributed by atoms with E-state index >= 15 is 0 Å². The van der Waals surface area contributed by atoms with Crippen LogP contribution in [-0.2, 0) is 6.54 Å². The minimum atomic E-state index is 0.300. The average Bonchev–Trinajstić information content (AvgIpc) is 2.29. The molecule has 0 aliphatic rings. The van der Waals surface area contributed by atoms with Crippen LogP contribution in [0.2, 0.25) is 0 Å². The highest BCUT2D eigenvalue weighted by molar-refractivity contribution is 5.28. The fourth-order valence-corrected chi connectivity index (χ4v) is 1.93. The summed E-state index contributed by atoms with van der Waals surface area (Å²) in [5.41, 5.74) is 1.29. The van der Waals surface area contributed by atoms with Crippen molar-refractivity contribution in [2.24, 2.45) is 5.92 Å². The molecule has 1 unspecified atom stereocenters. The van der Waals surface area contributed by atoms with E-state index in [-0.39, 0.29) is 0 Å². The van der Waals surface area contributed by atoms with Gasteiger partial charge in [0.1, 0.15) is 5.75 Å². The van der Waals surface area contributed by atoms with E-state index in [1.807, 2.05) is 6.07 Å². The molecule has 1 rings (SSSR count). The molecule has 2 heteroatoms. The van der Waals surface area contributed by atoms with E-state index in [1.54, 1.807) is 0 Å². The largest absolute Gasteiger partial charge is 0.491 e. The smallest absolute Gasteiger partial charge is 0.120 e. The molecular weight excluding hydrogens is 222 g/mol. The Balaban J connectivity index is 2.46. The molecule has 0 aliphatic carbocycles. The number of nitrogens with one attached hydrogen (secondary N) is 1. The van der Waals surface area contributed by atoms with Crippen molar-refractivity contribution in [1.29, 1.82) is 0 Å². The van der Waals surface area contributed by atoms with E-state index in [4.69, 9.17) is 4.74 Å². The molecule has 2 nitrogen and oxygen atoms in total. The zero-order valence-corrected chi connectivity index (χ0v) is 12.2. The number of ether oxygens (including phenoxy) is 1. The van der Waals surface area contributed by atoms with Gasteiger partial charge in [-0.1, -0.05) is 39.3 Å². The summed E-state index contributed by atoms with van der Waals surface area (Å²) >= 11 is 0. The molecule has 0 saturated heterocycles. The van der Waals surface area contributed by atoms with Gasteiger partial charge in [-0.15, -0.1) is 0 Å². The Labute approximate surface area is 112 Å². The lowest BCUT2D eigenvalue weighted by atomic mass is 10.2. The predicted molar refractivity (Wildman–Crippen MR) is 78.0 cm³/mol. The third-order valence-corrected chi connectivity index (χ3v) is 2.81. The SMILES string of the molecule is CCCC(C)Oc1cccc(CNCC(C)C)c1. The van der Waals surface area contributed by atoms with Crippen LogP contribution in [0.15, 0.2) is 24.3 Å². The summed E-state index contributed by atoms with van der Waals surface area (Å²) < 4.78 is 5.90. The zero-order chi connectivity index (χ0) is 13.4. The van der Waals surface area contributed by atoms with Crippen LogP contribution in [0, 0.1) is 5.92 Å². The Morgan fingerprint density at radius 1 is 1.22 bits per heavy atom. The number of hydrogen-bond acceptors (Lipinski definition) is 2. The minimum Gasteiger partial charge on any atom is -0.491 e. The van der Waals surface area contributed by atoms with Crippen LogP contribution in [0.3, 0.4) is 0 Å². The number of rotatable bonds is 8. The first-order chi connectivity index (χ1) is 8.61. The Morgan fingerprint density at radius 3 is 2.67 bits per heavy atom. The fraction of sp³-hybridized carbons (Fsp3) is 0.625. The minimum absolute atomic E-state index is 0.300. The number of benzene rings is 1. The van der Waals surface area contributed by atoms with Crippen molar-refractivity contribution >= 4 is 0 Å². The van der Waals surface area contributed by atoms with Gasteiger partial charge in [0.05, 0.1) is 6.10 Å². The molecule has 0 heterocycles. The molecule has 0 aliphatic heterocycles. The lowest BCUT2D eigenvalue weighted by molar-refractivity contribution is 0.209. The van der Waals surface area contributed by atoms with Gasteiger partial charge in [-0.3, -0.25) is 0 Å². The summed E-state index contributed by atoms with van der Waals surface area (Å²) in [5.74, 6) is 1.67. The van der Waals surface area contributed by atoms with Crippen LogP contribution in [0.4, 0.5) is 0 Å². The molecule has 0 aromatic heterocycles. The Morgan fingerprint density at radius 2 is 2.00 bits per heavy atom. The van der Waals surface area contributed by atoms with Gasteiger partial charge in [-0.25, -0.2) is 0 Å². The lowest BCUT2D eigenvalue weighted by Crippen LogP contribution is -2.19. The second-order valence-corrected chi connectivity index (χ2v) is 5.39. The first-order valence-electron chi connectivity index (χ1n) is 7.08. The third-order valence-electron chi connectivity index (χ3n) is 2.81. The van der Waals surface area contributed by atoms with Gasteiger partial charge < -0.3 is 10.1 Å². The molecule has 1 aromatic carbocycles. The molecule has 0 amide bonds. The molecule has 1 aromatic rings. The Hall–Kier alpha value is -1.02. The second-order valence-electron chi connectivity index (χ2n) is 5.39. The van der Waals surface area contributed by atoms with E-state index in [2.05, 4.69) is 51.2 Å². The normalized spacial score (nSPS) is 12.7. The highest BCUT2D eigenvalue weighted by Gasteiger charge is 2.03. The third kappa shape index (κ3) is 6.06. The van der Waals surface area contributed by atoms with E-state index in [9.17, 15) is 0 Å². The molecule has 0 bridgehead atoms. The average molecular weight is 249 g/mol. The van der Waals surface area contributed by atoms with E-state index in [1.165, 1.54) is 5.56 Å². The van der Waals surface area contributed by atoms with Gasteiger partial charge in [0.25, 0.3) is 0 Å². The van der Waals surface area contributed by atoms with Crippen LogP contribution in [-0.4, -0.2) is 12.6 Å². The predicted octanol–water partition coefficient (Wildman–Crippen LogP) is 4.00. The maximum Gasteiger partial charge on any atom is 0.120 e. The highest BCUT2D eigenvalue weighted by atomic mass is 16.5. The van der Waals surface area contributed by atoms with Crippen molar-refractivity contribution in [2.45, 2.75) is 53.2 Å². The molecule has 0 spiro atoms. The molecule has 18 heavy (non-hydrogen) atoms. The standard InChI is InChI=1S/C16H27NO/c1-5-7-14(4)18-16-9-6-8-15(10-16)12-17-11-13(2)3/h6,8-10,13-14,17H,5,7,11-12H2,1-4H3. The van der Waals surface area contributed by atoms with Gasteiger partial charge in [0.2, 0.25) is 0 Å². The maximum absolute atomic E-state index is 5.90. The van der Waals surface area contributed by atoms with Crippen LogP contribution >= 0.6 is 0 Å². The fourth-order valence-electron chi connectivity index (χ4n) is 1.93. The molecule has 102 valence electrons. The van der Waals surface area contributed by atoms with Crippen molar-refractivity contribution in [1.82, 2.24) is 5.32 Å². The summed E-state index contributed by atoms with van der Waals surface area (Å²) in [6.07, 6.45) is 2.57. The van der Waals surface area contributed by atoms with Crippen LogP contribution in [0.1, 0.15) is 46.1 Å². The van der Waals surface area contributed by atoms with Crippen molar-refractivity contribution in [2.75, 3.05) is 6.54 Å². The summed E-state index contributed by atoms with van der Waals surface area (Å²) in [6.45, 7) is 10.7.